The van der Waals surface area contributed by atoms with E-state index in [1.807, 2.05) is 6.07 Å². The number of carbonyl (C=O) groups excluding carboxylic acids is 1. The van der Waals surface area contributed by atoms with Gasteiger partial charge in [0.25, 0.3) is 0 Å². The third-order valence-corrected chi connectivity index (χ3v) is 3.01. The molecule has 4 heteroatoms. The van der Waals surface area contributed by atoms with E-state index in [4.69, 9.17) is 4.74 Å². The molecule has 0 bridgehead atoms. The van der Waals surface area contributed by atoms with Crippen molar-refractivity contribution in [2.75, 3.05) is 14.2 Å². The Morgan fingerprint density at radius 1 is 1.41 bits per heavy atom. The standard InChI is InChI=1S/C13H16O4/c1-16-11-7-9(12(14)13(15)17-2)5-6-10(11)8-3-4-8/h5-8,12,14H,3-4H2,1-2H3. The zero-order valence-electron chi connectivity index (χ0n) is 9.97. The molecule has 0 aliphatic heterocycles. The molecule has 0 spiro atoms. The summed E-state index contributed by atoms with van der Waals surface area (Å²) in [5, 5.41) is 9.72. The summed E-state index contributed by atoms with van der Waals surface area (Å²) in [5.74, 6) is 0.633. The van der Waals surface area contributed by atoms with Gasteiger partial charge in [0.05, 0.1) is 14.2 Å². The van der Waals surface area contributed by atoms with Gasteiger partial charge < -0.3 is 14.6 Å². The van der Waals surface area contributed by atoms with Crippen molar-refractivity contribution in [1.29, 1.82) is 0 Å². The van der Waals surface area contributed by atoms with Crippen LogP contribution in [0.4, 0.5) is 0 Å². The summed E-state index contributed by atoms with van der Waals surface area (Å²) in [6.45, 7) is 0. The Kier molecular flexibility index (Phi) is 3.33. The van der Waals surface area contributed by atoms with Gasteiger partial charge in [0, 0.05) is 0 Å². The highest BCUT2D eigenvalue weighted by Crippen LogP contribution is 2.44. The lowest BCUT2D eigenvalue weighted by Gasteiger charge is -2.13. The number of hydrogen-bond acceptors (Lipinski definition) is 4. The van der Waals surface area contributed by atoms with E-state index in [0.29, 0.717) is 11.5 Å². The lowest BCUT2D eigenvalue weighted by Crippen LogP contribution is -2.13. The van der Waals surface area contributed by atoms with Crippen LogP contribution in [0.15, 0.2) is 18.2 Å². The number of hydrogen-bond donors (Lipinski definition) is 1. The predicted molar refractivity (Wildman–Crippen MR) is 61.9 cm³/mol. The number of aliphatic hydroxyl groups excluding tert-OH is 1. The first-order chi connectivity index (χ1) is 8.17. The molecule has 1 fully saturated rings. The van der Waals surface area contributed by atoms with Gasteiger partial charge in [-0.3, -0.25) is 0 Å². The minimum Gasteiger partial charge on any atom is -0.496 e. The summed E-state index contributed by atoms with van der Waals surface area (Å²) < 4.78 is 9.79. The summed E-state index contributed by atoms with van der Waals surface area (Å²) in [6, 6.07) is 5.37. The van der Waals surface area contributed by atoms with Crippen molar-refractivity contribution in [2.24, 2.45) is 0 Å². The van der Waals surface area contributed by atoms with E-state index in [1.165, 1.54) is 20.0 Å². The fourth-order valence-electron chi connectivity index (χ4n) is 1.88. The molecule has 1 aliphatic rings. The number of esters is 1. The average molecular weight is 236 g/mol. The minimum atomic E-state index is -1.25. The molecule has 92 valence electrons. The highest BCUT2D eigenvalue weighted by atomic mass is 16.5. The predicted octanol–water partition coefficient (Wildman–Crippen LogP) is 1.78. The van der Waals surface area contributed by atoms with Crippen LogP contribution < -0.4 is 4.74 Å². The van der Waals surface area contributed by atoms with Crippen molar-refractivity contribution < 1.29 is 19.4 Å². The summed E-state index contributed by atoms with van der Waals surface area (Å²) in [6.07, 6.45) is 1.10. The Labute approximate surface area is 100 Å². The van der Waals surface area contributed by atoms with Crippen molar-refractivity contribution in [3.8, 4) is 5.75 Å². The third-order valence-electron chi connectivity index (χ3n) is 3.01. The molecule has 1 aromatic rings. The van der Waals surface area contributed by atoms with Gasteiger partial charge in [-0.25, -0.2) is 4.79 Å². The summed E-state index contributed by atoms with van der Waals surface area (Å²) in [5.41, 5.74) is 1.64. The van der Waals surface area contributed by atoms with E-state index in [0.717, 1.165) is 11.3 Å². The molecular formula is C13H16O4. The quantitative estimate of drug-likeness (QED) is 0.810. The van der Waals surface area contributed by atoms with Crippen LogP contribution in [0.3, 0.4) is 0 Å². The molecule has 2 rings (SSSR count). The maximum Gasteiger partial charge on any atom is 0.339 e. The SMILES string of the molecule is COC(=O)C(O)c1ccc(C2CC2)c(OC)c1. The van der Waals surface area contributed by atoms with E-state index in [2.05, 4.69) is 4.74 Å². The monoisotopic (exact) mass is 236 g/mol. The van der Waals surface area contributed by atoms with Gasteiger partial charge in [0.2, 0.25) is 0 Å². The Bertz CT molecular complexity index is 423. The average Bonchev–Trinajstić information content (AvgIpc) is 3.20. The maximum absolute atomic E-state index is 11.2. The van der Waals surface area contributed by atoms with E-state index < -0.39 is 12.1 Å². The normalized spacial score (nSPS) is 16.4. The van der Waals surface area contributed by atoms with Crippen molar-refractivity contribution in [3.63, 3.8) is 0 Å². The van der Waals surface area contributed by atoms with Crippen molar-refractivity contribution in [3.05, 3.63) is 29.3 Å². The fourth-order valence-corrected chi connectivity index (χ4v) is 1.88. The zero-order chi connectivity index (χ0) is 12.4. The van der Waals surface area contributed by atoms with Crippen LogP contribution in [0.5, 0.6) is 5.75 Å². The largest absolute Gasteiger partial charge is 0.496 e. The molecule has 4 nitrogen and oxygen atoms in total. The smallest absolute Gasteiger partial charge is 0.339 e. The molecule has 1 aliphatic carbocycles. The maximum atomic E-state index is 11.2. The third kappa shape index (κ3) is 2.42. The molecule has 1 N–H and O–H groups in total. The second-order valence-corrected chi connectivity index (χ2v) is 4.20. The lowest BCUT2D eigenvalue weighted by atomic mass is 10.0. The van der Waals surface area contributed by atoms with Crippen molar-refractivity contribution >= 4 is 5.97 Å². The first kappa shape index (κ1) is 11.9. The topological polar surface area (TPSA) is 55.8 Å². The second-order valence-electron chi connectivity index (χ2n) is 4.20. The summed E-state index contributed by atoms with van der Waals surface area (Å²) >= 11 is 0. The van der Waals surface area contributed by atoms with Crippen LogP contribution >= 0.6 is 0 Å². The minimum absolute atomic E-state index is 0.498. The van der Waals surface area contributed by atoms with E-state index >= 15 is 0 Å². The van der Waals surface area contributed by atoms with E-state index in [1.54, 1.807) is 19.2 Å². The number of ether oxygens (including phenoxy) is 2. The molecule has 1 saturated carbocycles. The first-order valence-electron chi connectivity index (χ1n) is 5.61. The highest BCUT2D eigenvalue weighted by molar-refractivity contribution is 5.76. The Balaban J connectivity index is 2.27. The second kappa shape index (κ2) is 4.75. The lowest BCUT2D eigenvalue weighted by molar-refractivity contribution is -0.150. The summed E-state index contributed by atoms with van der Waals surface area (Å²) in [7, 11) is 2.84. The number of aliphatic hydroxyl groups is 1. The molecule has 1 unspecified atom stereocenters. The number of rotatable bonds is 4. The molecule has 0 aromatic heterocycles. The van der Waals surface area contributed by atoms with Gasteiger partial charge in [0.15, 0.2) is 6.10 Å². The fraction of sp³-hybridized carbons (Fsp3) is 0.462. The van der Waals surface area contributed by atoms with Crippen LogP contribution in [0, 0.1) is 0 Å². The molecule has 1 aromatic carbocycles. The van der Waals surface area contributed by atoms with Crippen molar-refractivity contribution in [1.82, 2.24) is 0 Å². The van der Waals surface area contributed by atoms with Gasteiger partial charge in [-0.2, -0.15) is 0 Å². The van der Waals surface area contributed by atoms with Crippen LogP contribution in [0.1, 0.15) is 36.0 Å². The molecular weight excluding hydrogens is 220 g/mol. The van der Waals surface area contributed by atoms with Gasteiger partial charge in [-0.15, -0.1) is 0 Å². The van der Waals surface area contributed by atoms with Gasteiger partial charge in [-0.05, 0) is 36.0 Å². The first-order valence-corrected chi connectivity index (χ1v) is 5.61. The molecule has 0 amide bonds. The zero-order valence-corrected chi connectivity index (χ0v) is 9.97. The molecule has 17 heavy (non-hydrogen) atoms. The molecule has 0 saturated heterocycles. The van der Waals surface area contributed by atoms with Gasteiger partial charge >= 0.3 is 5.97 Å². The van der Waals surface area contributed by atoms with E-state index in [9.17, 15) is 9.90 Å². The number of carbonyl (C=O) groups is 1. The van der Waals surface area contributed by atoms with Gasteiger partial charge in [-0.1, -0.05) is 12.1 Å². The summed E-state index contributed by atoms with van der Waals surface area (Å²) in [4.78, 5) is 11.2. The molecule has 1 atom stereocenters. The highest BCUT2D eigenvalue weighted by Gasteiger charge is 2.28. The molecule has 0 radical (unpaired) electrons. The van der Waals surface area contributed by atoms with Crippen LogP contribution in [-0.2, 0) is 9.53 Å². The van der Waals surface area contributed by atoms with Crippen LogP contribution in [-0.4, -0.2) is 25.3 Å². The van der Waals surface area contributed by atoms with Gasteiger partial charge in [0.1, 0.15) is 5.75 Å². The van der Waals surface area contributed by atoms with Crippen LogP contribution in [0.2, 0.25) is 0 Å². The molecule has 0 heterocycles. The Morgan fingerprint density at radius 3 is 2.65 bits per heavy atom. The number of benzene rings is 1. The number of methoxy groups -OCH3 is 2. The van der Waals surface area contributed by atoms with E-state index in [-0.39, 0.29) is 0 Å². The Morgan fingerprint density at radius 2 is 2.12 bits per heavy atom. The van der Waals surface area contributed by atoms with Crippen molar-refractivity contribution in [2.45, 2.75) is 24.9 Å². The Hall–Kier alpha value is -1.55. The van der Waals surface area contributed by atoms with Crippen LogP contribution in [0.25, 0.3) is 0 Å².